The van der Waals surface area contributed by atoms with E-state index in [4.69, 9.17) is 4.74 Å². The van der Waals surface area contributed by atoms with Crippen LogP contribution in [0.2, 0.25) is 0 Å². The first-order valence-electron chi connectivity index (χ1n) is 8.95. The first-order valence-corrected chi connectivity index (χ1v) is 8.95. The minimum Gasteiger partial charge on any atom is -0.462 e. The van der Waals surface area contributed by atoms with Gasteiger partial charge < -0.3 is 9.84 Å². The van der Waals surface area contributed by atoms with Gasteiger partial charge in [-0.1, -0.05) is 39.8 Å². The molecule has 2 aliphatic carbocycles. The molecule has 4 nitrogen and oxygen atoms in total. The van der Waals surface area contributed by atoms with Gasteiger partial charge in [0, 0.05) is 17.9 Å². The summed E-state index contributed by atoms with van der Waals surface area (Å²) in [4.78, 5) is 24.5. The predicted molar refractivity (Wildman–Crippen MR) is 91.1 cm³/mol. The quantitative estimate of drug-likeness (QED) is 0.479. The lowest BCUT2D eigenvalue weighted by Gasteiger charge is -2.57. The van der Waals surface area contributed by atoms with E-state index >= 15 is 0 Å². The Bertz CT molecular complexity index is 615. The standard InChI is InChI=1S/C20H28O4/c1-12-14(7-6-13-8-11-24-18(13)23)20(4)10-5-9-19(2,3)17(20)16(22)15(12)21/h6,14-15,17,21H,1,5,7-11H2,2-4H3. The van der Waals surface area contributed by atoms with Crippen LogP contribution in [-0.2, 0) is 14.3 Å². The molecule has 1 aliphatic heterocycles. The molecule has 4 atom stereocenters. The van der Waals surface area contributed by atoms with Crippen molar-refractivity contribution in [2.45, 2.75) is 59.0 Å². The lowest BCUT2D eigenvalue weighted by atomic mass is 9.46. The van der Waals surface area contributed by atoms with Gasteiger partial charge in [0.05, 0.1) is 6.61 Å². The van der Waals surface area contributed by atoms with Crippen LogP contribution in [0.15, 0.2) is 23.8 Å². The summed E-state index contributed by atoms with van der Waals surface area (Å²) in [6.07, 6.45) is 5.17. The average molecular weight is 332 g/mol. The van der Waals surface area contributed by atoms with Gasteiger partial charge in [0.1, 0.15) is 6.10 Å². The highest BCUT2D eigenvalue weighted by atomic mass is 16.5. The Morgan fingerprint density at radius 3 is 2.62 bits per heavy atom. The summed E-state index contributed by atoms with van der Waals surface area (Å²) in [5, 5.41) is 10.5. The van der Waals surface area contributed by atoms with Crippen molar-refractivity contribution in [2.75, 3.05) is 6.61 Å². The fourth-order valence-electron chi connectivity index (χ4n) is 5.46. The van der Waals surface area contributed by atoms with E-state index in [0.29, 0.717) is 30.6 Å². The van der Waals surface area contributed by atoms with Crippen LogP contribution in [0.25, 0.3) is 0 Å². The van der Waals surface area contributed by atoms with E-state index in [9.17, 15) is 14.7 Å². The minimum absolute atomic E-state index is 0.00988. The Morgan fingerprint density at radius 1 is 1.29 bits per heavy atom. The number of hydrogen-bond acceptors (Lipinski definition) is 4. The third kappa shape index (κ3) is 2.55. The number of allylic oxidation sites excluding steroid dienone is 1. The molecule has 0 aromatic carbocycles. The van der Waals surface area contributed by atoms with E-state index in [1.54, 1.807) is 0 Å². The number of fused-ring (bicyclic) bond motifs is 1. The smallest absolute Gasteiger partial charge is 0.333 e. The highest BCUT2D eigenvalue weighted by molar-refractivity contribution is 5.91. The fraction of sp³-hybridized carbons (Fsp3) is 0.700. The predicted octanol–water partition coefficient (Wildman–Crippen LogP) is 3.20. The van der Waals surface area contributed by atoms with E-state index < -0.39 is 6.10 Å². The molecule has 1 heterocycles. The van der Waals surface area contributed by atoms with E-state index in [0.717, 1.165) is 19.3 Å². The van der Waals surface area contributed by atoms with Gasteiger partial charge >= 0.3 is 5.97 Å². The van der Waals surface area contributed by atoms with Crippen LogP contribution in [0.5, 0.6) is 0 Å². The maximum absolute atomic E-state index is 12.8. The van der Waals surface area contributed by atoms with Crippen LogP contribution >= 0.6 is 0 Å². The first-order chi connectivity index (χ1) is 11.2. The number of rotatable bonds is 2. The zero-order chi connectivity index (χ0) is 17.7. The molecule has 0 aromatic heterocycles. The molecule has 1 N–H and O–H groups in total. The molecule has 0 amide bonds. The summed E-state index contributed by atoms with van der Waals surface area (Å²) in [5.74, 6) is -0.469. The van der Waals surface area contributed by atoms with Gasteiger partial charge in [-0.25, -0.2) is 4.79 Å². The number of hydrogen-bond donors (Lipinski definition) is 1. The maximum Gasteiger partial charge on any atom is 0.333 e. The molecule has 0 spiro atoms. The van der Waals surface area contributed by atoms with Crippen molar-refractivity contribution >= 4 is 11.8 Å². The Labute approximate surface area is 144 Å². The molecule has 0 radical (unpaired) electrons. The number of Topliss-reactive ketones (excluding diaryl/α,β-unsaturated/α-hetero) is 1. The third-order valence-corrected chi connectivity index (χ3v) is 6.59. The Kier molecular flexibility index (Phi) is 4.23. The molecule has 3 rings (SSSR count). The number of esters is 1. The molecule has 1 saturated heterocycles. The molecule has 24 heavy (non-hydrogen) atoms. The summed E-state index contributed by atoms with van der Waals surface area (Å²) in [6.45, 7) is 11.0. The van der Waals surface area contributed by atoms with Crippen molar-refractivity contribution in [1.29, 1.82) is 0 Å². The molecule has 2 saturated carbocycles. The number of ether oxygens (including phenoxy) is 1. The Morgan fingerprint density at radius 2 is 2.00 bits per heavy atom. The molecule has 0 bridgehead atoms. The number of carbonyl (C=O) groups excluding carboxylic acids is 2. The Balaban J connectivity index is 1.95. The van der Waals surface area contributed by atoms with Crippen molar-refractivity contribution < 1.29 is 19.4 Å². The second-order valence-electron chi connectivity index (χ2n) is 8.56. The van der Waals surface area contributed by atoms with Crippen molar-refractivity contribution in [3.63, 3.8) is 0 Å². The third-order valence-electron chi connectivity index (χ3n) is 6.59. The second kappa shape index (κ2) is 5.83. The highest BCUT2D eigenvalue weighted by Gasteiger charge is 2.59. The van der Waals surface area contributed by atoms with Gasteiger partial charge in [-0.2, -0.15) is 0 Å². The number of ketones is 1. The minimum atomic E-state index is -1.08. The van der Waals surface area contributed by atoms with Gasteiger partial charge in [0.15, 0.2) is 5.78 Å². The van der Waals surface area contributed by atoms with Crippen LogP contribution in [0.1, 0.15) is 52.9 Å². The zero-order valence-electron chi connectivity index (χ0n) is 14.9. The molecule has 132 valence electrons. The summed E-state index contributed by atoms with van der Waals surface area (Å²) in [5.41, 5.74) is 0.988. The lowest BCUT2D eigenvalue weighted by Crippen LogP contribution is -2.58. The van der Waals surface area contributed by atoms with Gasteiger partial charge in [0.2, 0.25) is 0 Å². The van der Waals surface area contributed by atoms with E-state index in [-0.39, 0.29) is 34.4 Å². The topological polar surface area (TPSA) is 63.6 Å². The zero-order valence-corrected chi connectivity index (χ0v) is 14.9. The molecule has 0 aromatic rings. The fourth-order valence-corrected chi connectivity index (χ4v) is 5.46. The van der Waals surface area contributed by atoms with Crippen molar-refractivity contribution in [3.05, 3.63) is 23.8 Å². The van der Waals surface area contributed by atoms with E-state index in [1.807, 2.05) is 6.08 Å². The summed E-state index contributed by atoms with van der Waals surface area (Å²) in [6, 6.07) is 0. The molecule has 4 unspecified atom stereocenters. The van der Waals surface area contributed by atoms with Gasteiger partial charge in [0.25, 0.3) is 0 Å². The van der Waals surface area contributed by atoms with E-state index in [1.165, 1.54) is 0 Å². The maximum atomic E-state index is 12.8. The van der Waals surface area contributed by atoms with Crippen LogP contribution in [0.3, 0.4) is 0 Å². The molecular weight excluding hydrogens is 304 g/mol. The first kappa shape index (κ1) is 17.4. The van der Waals surface area contributed by atoms with Crippen LogP contribution in [0.4, 0.5) is 0 Å². The molecule has 3 fully saturated rings. The van der Waals surface area contributed by atoms with Crippen molar-refractivity contribution in [3.8, 4) is 0 Å². The van der Waals surface area contributed by atoms with Crippen LogP contribution in [0, 0.1) is 22.7 Å². The summed E-state index contributed by atoms with van der Waals surface area (Å²) < 4.78 is 5.00. The Hall–Kier alpha value is -1.42. The van der Waals surface area contributed by atoms with Crippen LogP contribution < -0.4 is 0 Å². The van der Waals surface area contributed by atoms with Gasteiger partial charge in [-0.3, -0.25) is 4.79 Å². The van der Waals surface area contributed by atoms with Crippen LogP contribution in [-0.4, -0.2) is 29.6 Å². The number of carbonyl (C=O) groups is 2. The summed E-state index contributed by atoms with van der Waals surface area (Å²) in [7, 11) is 0. The molecule has 4 heteroatoms. The van der Waals surface area contributed by atoms with Gasteiger partial charge in [-0.15, -0.1) is 0 Å². The monoisotopic (exact) mass is 332 g/mol. The van der Waals surface area contributed by atoms with Crippen molar-refractivity contribution in [1.82, 2.24) is 0 Å². The average Bonchev–Trinajstić information content (AvgIpc) is 2.89. The SMILES string of the molecule is C=C1C(O)C(=O)C2C(C)(C)CCCC2(C)C1CC=C1CCOC1=O. The number of aliphatic hydroxyl groups excluding tert-OH is 1. The normalized spacial score (nSPS) is 40.6. The largest absolute Gasteiger partial charge is 0.462 e. The highest BCUT2D eigenvalue weighted by Crippen LogP contribution is 2.60. The van der Waals surface area contributed by atoms with Gasteiger partial charge in [-0.05, 0) is 41.6 Å². The number of cyclic esters (lactones) is 1. The van der Waals surface area contributed by atoms with Crippen molar-refractivity contribution in [2.24, 2.45) is 22.7 Å². The molecular formula is C20H28O4. The molecule has 3 aliphatic rings. The van der Waals surface area contributed by atoms with E-state index in [2.05, 4.69) is 27.4 Å². The lowest BCUT2D eigenvalue weighted by molar-refractivity contribution is -0.153. The number of aliphatic hydroxyl groups is 1. The second-order valence-corrected chi connectivity index (χ2v) is 8.56. The summed E-state index contributed by atoms with van der Waals surface area (Å²) >= 11 is 0.